The lowest BCUT2D eigenvalue weighted by Crippen LogP contribution is -1.82. The number of carboxylic acid groups (broad SMARTS) is 1. The molecule has 3 heteroatoms. The fraction of sp³-hybridized carbons (Fsp3) is 0.0667. The summed E-state index contributed by atoms with van der Waals surface area (Å²) in [6.45, 7) is 21.7. The molecule has 0 rings (SSSR count). The van der Waals surface area contributed by atoms with E-state index in [9.17, 15) is 4.79 Å². The first-order valence-electron chi connectivity index (χ1n) is 4.75. The molecule has 0 amide bonds. The van der Waals surface area contributed by atoms with Crippen LogP contribution < -0.4 is 0 Å². The van der Waals surface area contributed by atoms with Crippen LogP contribution in [0, 0.1) is 11.3 Å². The number of carboxylic acids is 1. The molecule has 0 saturated heterocycles. The SMILES string of the molecule is C=CC#N.C=CC(=C)C.C=CC(=O)O.C=CC=C. The van der Waals surface area contributed by atoms with Crippen LogP contribution in [0.15, 0.2) is 75.4 Å². The van der Waals surface area contributed by atoms with Gasteiger partial charge >= 0.3 is 5.97 Å². The number of hydrogen-bond acceptors (Lipinski definition) is 2. The van der Waals surface area contributed by atoms with Crippen molar-refractivity contribution in [3.8, 4) is 6.07 Å². The van der Waals surface area contributed by atoms with Crippen LogP contribution in [0.25, 0.3) is 0 Å². The largest absolute Gasteiger partial charge is 0.478 e. The molecule has 0 aliphatic rings. The Bertz CT molecular complexity index is 296. The van der Waals surface area contributed by atoms with E-state index in [0.717, 1.165) is 11.6 Å². The molecule has 0 aromatic carbocycles. The van der Waals surface area contributed by atoms with Gasteiger partial charge in [-0.25, -0.2) is 4.79 Å². The van der Waals surface area contributed by atoms with Crippen molar-refractivity contribution in [2.24, 2.45) is 0 Å². The molecule has 0 aliphatic heterocycles. The maximum Gasteiger partial charge on any atom is 0.327 e. The lowest BCUT2D eigenvalue weighted by Gasteiger charge is -1.71. The third-order valence-corrected chi connectivity index (χ3v) is 0.781. The molecular weight excluding hydrogens is 226 g/mol. The molecule has 0 fully saturated rings. The van der Waals surface area contributed by atoms with E-state index in [-0.39, 0.29) is 0 Å². The Hall–Kier alpha value is -2.60. The molecule has 0 saturated carbocycles. The van der Waals surface area contributed by atoms with Crippen LogP contribution in [0.2, 0.25) is 0 Å². The third-order valence-electron chi connectivity index (χ3n) is 0.781. The zero-order valence-corrected chi connectivity index (χ0v) is 10.9. The van der Waals surface area contributed by atoms with Gasteiger partial charge in [0.05, 0.1) is 6.07 Å². The summed E-state index contributed by atoms with van der Waals surface area (Å²) >= 11 is 0. The maximum atomic E-state index is 9.25. The Morgan fingerprint density at radius 1 is 1.11 bits per heavy atom. The highest BCUT2D eigenvalue weighted by molar-refractivity contribution is 5.78. The number of hydrogen-bond donors (Lipinski definition) is 1. The zero-order valence-electron chi connectivity index (χ0n) is 10.9. The third kappa shape index (κ3) is 178. The van der Waals surface area contributed by atoms with E-state index in [4.69, 9.17) is 10.4 Å². The van der Waals surface area contributed by atoms with E-state index in [1.165, 1.54) is 6.08 Å². The van der Waals surface area contributed by atoms with Crippen molar-refractivity contribution in [2.45, 2.75) is 6.92 Å². The first kappa shape index (κ1) is 24.6. The lowest BCUT2D eigenvalue weighted by atomic mass is 10.4. The van der Waals surface area contributed by atoms with E-state index < -0.39 is 5.97 Å². The number of allylic oxidation sites excluding steroid dienone is 5. The van der Waals surface area contributed by atoms with Crippen molar-refractivity contribution in [2.75, 3.05) is 0 Å². The predicted octanol–water partition coefficient (Wildman–Crippen LogP) is 4.06. The number of aliphatic carboxylic acids is 1. The highest BCUT2D eigenvalue weighted by Crippen LogP contribution is 1.81. The Balaban J connectivity index is -0.0000000731. The Kier molecular flexibility index (Phi) is 39.9. The summed E-state index contributed by atoms with van der Waals surface area (Å²) in [5.41, 5.74) is 1.02. The molecule has 0 aliphatic carbocycles. The number of nitrogens with zero attached hydrogens (tertiary/aromatic N) is 1. The van der Waals surface area contributed by atoms with E-state index in [0.29, 0.717) is 0 Å². The van der Waals surface area contributed by atoms with Crippen molar-refractivity contribution in [3.05, 3.63) is 75.4 Å². The van der Waals surface area contributed by atoms with E-state index in [2.05, 4.69) is 39.5 Å². The first-order valence-corrected chi connectivity index (χ1v) is 4.75. The second-order valence-electron chi connectivity index (χ2n) is 2.40. The summed E-state index contributed by atoms with van der Waals surface area (Å²) < 4.78 is 0. The summed E-state index contributed by atoms with van der Waals surface area (Å²) in [5.74, 6) is -0.981. The monoisotopic (exact) mass is 247 g/mol. The van der Waals surface area contributed by atoms with Gasteiger partial charge in [0.25, 0.3) is 0 Å². The van der Waals surface area contributed by atoms with Crippen molar-refractivity contribution >= 4 is 5.97 Å². The molecule has 3 nitrogen and oxygen atoms in total. The van der Waals surface area contributed by atoms with Gasteiger partial charge in [0.15, 0.2) is 0 Å². The number of rotatable bonds is 3. The van der Waals surface area contributed by atoms with Gasteiger partial charge in [0, 0.05) is 12.2 Å². The minimum atomic E-state index is -0.981. The van der Waals surface area contributed by atoms with E-state index in [1.807, 2.05) is 6.92 Å². The van der Waals surface area contributed by atoms with Crippen molar-refractivity contribution in [1.82, 2.24) is 0 Å². The van der Waals surface area contributed by atoms with Gasteiger partial charge in [0.2, 0.25) is 0 Å². The minimum Gasteiger partial charge on any atom is -0.478 e. The highest BCUT2D eigenvalue weighted by Gasteiger charge is 1.73. The van der Waals surface area contributed by atoms with Crippen molar-refractivity contribution < 1.29 is 9.90 Å². The smallest absolute Gasteiger partial charge is 0.327 e. The molecule has 1 N–H and O–H groups in total. The molecule has 18 heavy (non-hydrogen) atoms. The van der Waals surface area contributed by atoms with Gasteiger partial charge in [-0.2, -0.15) is 5.26 Å². The topological polar surface area (TPSA) is 61.1 Å². The van der Waals surface area contributed by atoms with Gasteiger partial charge < -0.3 is 5.11 Å². The van der Waals surface area contributed by atoms with Crippen LogP contribution in [0.5, 0.6) is 0 Å². The van der Waals surface area contributed by atoms with E-state index in [1.54, 1.807) is 24.3 Å². The van der Waals surface area contributed by atoms with Crippen LogP contribution in [-0.4, -0.2) is 11.1 Å². The molecule has 0 heterocycles. The molecule has 0 spiro atoms. The number of nitriles is 1. The van der Waals surface area contributed by atoms with Crippen LogP contribution in [0.3, 0.4) is 0 Å². The molecule has 0 atom stereocenters. The molecule has 0 unspecified atom stereocenters. The van der Waals surface area contributed by atoms with Gasteiger partial charge in [0.1, 0.15) is 0 Å². The predicted molar refractivity (Wildman–Crippen MR) is 79.0 cm³/mol. The van der Waals surface area contributed by atoms with Crippen LogP contribution >= 0.6 is 0 Å². The maximum absolute atomic E-state index is 9.25. The quantitative estimate of drug-likeness (QED) is 0.464. The fourth-order valence-corrected chi connectivity index (χ4v) is 0. The molecule has 0 aromatic rings. The minimum absolute atomic E-state index is 0.833. The summed E-state index contributed by atoms with van der Waals surface area (Å²) in [5, 5.41) is 15.1. The molecule has 98 valence electrons. The lowest BCUT2D eigenvalue weighted by molar-refractivity contribution is -0.131. The van der Waals surface area contributed by atoms with Gasteiger partial charge in [-0.3, -0.25) is 0 Å². The summed E-state index contributed by atoms with van der Waals surface area (Å²) in [6, 6.07) is 1.69. The molecule has 0 radical (unpaired) electrons. The second kappa shape index (κ2) is 29.3. The summed E-state index contributed by atoms with van der Waals surface area (Å²) in [4.78, 5) is 9.25. The van der Waals surface area contributed by atoms with Crippen LogP contribution in [-0.2, 0) is 4.79 Å². The first-order chi connectivity index (χ1) is 8.37. The molecule has 0 aromatic heterocycles. The molecule has 0 bridgehead atoms. The Morgan fingerprint density at radius 2 is 1.33 bits per heavy atom. The van der Waals surface area contributed by atoms with Crippen LogP contribution in [0.4, 0.5) is 0 Å². The van der Waals surface area contributed by atoms with Gasteiger partial charge in [-0.1, -0.05) is 63.3 Å². The van der Waals surface area contributed by atoms with E-state index >= 15 is 0 Å². The second-order valence-corrected chi connectivity index (χ2v) is 2.40. The summed E-state index contributed by atoms with van der Waals surface area (Å²) in [6.07, 6.45) is 7.01. The summed E-state index contributed by atoms with van der Waals surface area (Å²) in [7, 11) is 0. The Morgan fingerprint density at radius 3 is 1.33 bits per heavy atom. The standard InChI is InChI=1S/C5H8.C4H6.C3H3N.C3H4O2/c1-4-5(2)3;1-3-4-2;1-2-3-4;1-2-3(4)5/h4H,1-2H2,3H3;3-4H,1-2H2;2H,1H2;2H,1H2,(H,4,5). The van der Waals surface area contributed by atoms with Crippen LogP contribution in [0.1, 0.15) is 6.92 Å². The Labute approximate surface area is 110 Å². The highest BCUT2D eigenvalue weighted by atomic mass is 16.4. The average Bonchev–Trinajstić information content (AvgIpc) is 2.39. The van der Waals surface area contributed by atoms with Crippen molar-refractivity contribution in [1.29, 1.82) is 5.26 Å². The normalized spacial score (nSPS) is 5.56. The van der Waals surface area contributed by atoms with Gasteiger partial charge in [-0.05, 0) is 6.92 Å². The molecular formula is C15H21NO2. The van der Waals surface area contributed by atoms with Crippen molar-refractivity contribution in [3.63, 3.8) is 0 Å². The number of carbonyl (C=O) groups is 1. The average molecular weight is 247 g/mol. The zero-order chi connectivity index (χ0) is 15.4. The van der Waals surface area contributed by atoms with Gasteiger partial charge in [-0.15, -0.1) is 0 Å². The fourth-order valence-electron chi connectivity index (χ4n) is 0.